The smallest absolute Gasteiger partial charge is 0.166 e. The van der Waals surface area contributed by atoms with Gasteiger partial charge in [-0.25, -0.2) is 0 Å². The number of hydrogen-bond acceptors (Lipinski definition) is 0. The highest BCUT2D eigenvalue weighted by Gasteiger charge is 2.33. The molecule has 0 atom stereocenters. The van der Waals surface area contributed by atoms with E-state index in [9.17, 15) is 13.2 Å². The van der Waals surface area contributed by atoms with Crippen LogP contribution in [0.4, 0.5) is 13.2 Å². The molecule has 0 spiro atoms. The van der Waals surface area contributed by atoms with E-state index in [-0.39, 0.29) is 5.39 Å². The van der Waals surface area contributed by atoms with E-state index >= 15 is 0 Å². The lowest BCUT2D eigenvalue weighted by molar-refractivity contribution is -0.136. The number of hydrogen-bond donors (Lipinski definition) is 0. The molecule has 0 aliphatic carbocycles. The summed E-state index contributed by atoms with van der Waals surface area (Å²) in [5, 5.41) is 2.33. The standard InChI is InChI=1S/C13H6F3/c14-13(15,16)11-3-1-2-10-8-4-6-9(7-5-8)12(10)11/h1-2,4-7H. The van der Waals surface area contributed by atoms with Crippen LogP contribution in [0.5, 0.6) is 0 Å². The summed E-state index contributed by atoms with van der Waals surface area (Å²) in [7, 11) is 0. The summed E-state index contributed by atoms with van der Waals surface area (Å²) in [6.45, 7) is 0. The molecule has 3 heteroatoms. The Morgan fingerprint density at radius 1 is 0.875 bits per heavy atom. The van der Waals surface area contributed by atoms with Crippen LogP contribution in [-0.4, -0.2) is 0 Å². The van der Waals surface area contributed by atoms with Gasteiger partial charge in [0.05, 0.1) is 5.56 Å². The van der Waals surface area contributed by atoms with Gasteiger partial charge >= 0.3 is 6.18 Å². The van der Waals surface area contributed by atoms with Gasteiger partial charge in [0.2, 0.25) is 0 Å². The fourth-order valence-electron chi connectivity index (χ4n) is 2.08. The first-order valence-corrected chi connectivity index (χ1v) is 4.80. The highest BCUT2D eigenvalue weighted by molar-refractivity contribution is 6.11. The van der Waals surface area contributed by atoms with Gasteiger partial charge in [-0.2, -0.15) is 13.2 Å². The molecule has 16 heavy (non-hydrogen) atoms. The Bertz CT molecular complexity index is 632. The van der Waals surface area contributed by atoms with Crippen molar-refractivity contribution in [1.82, 2.24) is 0 Å². The number of fused-ring (bicyclic) bond motifs is 2. The first kappa shape index (κ1) is 9.46. The molecule has 4 rings (SSSR count). The zero-order valence-corrected chi connectivity index (χ0v) is 8.10. The van der Waals surface area contributed by atoms with Crippen molar-refractivity contribution in [2.24, 2.45) is 0 Å². The number of rotatable bonds is 0. The summed E-state index contributed by atoms with van der Waals surface area (Å²) in [4.78, 5) is 0. The summed E-state index contributed by atoms with van der Waals surface area (Å²) < 4.78 is 38.4. The van der Waals surface area contributed by atoms with E-state index in [2.05, 4.69) is 6.07 Å². The third-order valence-electron chi connectivity index (χ3n) is 2.77. The van der Waals surface area contributed by atoms with Gasteiger partial charge in [-0.05, 0) is 22.2 Å². The van der Waals surface area contributed by atoms with Gasteiger partial charge in [0.1, 0.15) is 0 Å². The van der Waals surface area contributed by atoms with E-state index in [0.29, 0.717) is 10.8 Å². The van der Waals surface area contributed by atoms with Crippen molar-refractivity contribution in [2.75, 3.05) is 0 Å². The average Bonchev–Trinajstić information content (AvgIpc) is 2.29. The van der Waals surface area contributed by atoms with E-state index < -0.39 is 11.7 Å². The average molecular weight is 219 g/mol. The van der Waals surface area contributed by atoms with Crippen molar-refractivity contribution >= 4 is 21.5 Å². The molecular formula is C13H6F3. The first-order chi connectivity index (χ1) is 7.57. The van der Waals surface area contributed by atoms with Gasteiger partial charge in [-0.15, -0.1) is 0 Å². The second-order valence-corrected chi connectivity index (χ2v) is 3.72. The van der Waals surface area contributed by atoms with Crippen LogP contribution in [0.1, 0.15) is 5.56 Å². The molecule has 0 aromatic heterocycles. The topological polar surface area (TPSA) is 0 Å². The Hall–Kier alpha value is -1.77. The van der Waals surface area contributed by atoms with Crippen molar-refractivity contribution in [1.29, 1.82) is 0 Å². The van der Waals surface area contributed by atoms with Crippen molar-refractivity contribution in [2.45, 2.75) is 6.18 Å². The maximum atomic E-state index is 12.8. The Morgan fingerprint density at radius 2 is 1.50 bits per heavy atom. The molecule has 0 saturated heterocycles. The summed E-state index contributed by atoms with van der Waals surface area (Å²) in [6.07, 6.45) is -4.35. The Kier molecular flexibility index (Phi) is 1.70. The molecule has 0 amide bonds. The van der Waals surface area contributed by atoms with E-state index in [1.165, 1.54) is 6.07 Å². The lowest BCUT2D eigenvalue weighted by atomic mass is 9.95. The molecule has 4 aromatic rings. The number of halogens is 3. The van der Waals surface area contributed by atoms with Crippen LogP contribution in [0.2, 0.25) is 0 Å². The van der Waals surface area contributed by atoms with Crippen LogP contribution in [0.3, 0.4) is 0 Å². The summed E-state index contributed by atoms with van der Waals surface area (Å²) in [5.74, 6) is 0. The molecule has 0 heterocycles. The maximum absolute atomic E-state index is 12.8. The molecule has 0 fully saturated rings. The molecule has 2 bridgehead atoms. The third kappa shape index (κ3) is 1.18. The zero-order chi connectivity index (χ0) is 11.3. The molecule has 0 saturated carbocycles. The molecule has 0 nitrogen and oxygen atoms in total. The summed E-state index contributed by atoms with van der Waals surface area (Å²) in [5.41, 5.74) is -0.675. The Labute approximate surface area is 89.6 Å². The predicted molar refractivity (Wildman–Crippen MR) is 56.5 cm³/mol. The van der Waals surface area contributed by atoms with Crippen molar-refractivity contribution < 1.29 is 13.2 Å². The largest absolute Gasteiger partial charge is 0.417 e. The highest BCUT2D eigenvalue weighted by atomic mass is 19.4. The zero-order valence-electron chi connectivity index (χ0n) is 8.10. The minimum absolute atomic E-state index is 0.259. The predicted octanol–water partition coefficient (Wildman–Crippen LogP) is 4.25. The molecule has 0 aliphatic heterocycles. The van der Waals surface area contributed by atoms with Gasteiger partial charge in [-0.3, -0.25) is 0 Å². The maximum Gasteiger partial charge on any atom is 0.417 e. The highest BCUT2D eigenvalue weighted by Crippen LogP contribution is 2.38. The minimum atomic E-state index is -4.35. The fourth-order valence-corrected chi connectivity index (χ4v) is 2.08. The molecule has 1 radical (unpaired) electrons. The van der Waals surface area contributed by atoms with Crippen LogP contribution in [0, 0.1) is 6.07 Å². The van der Waals surface area contributed by atoms with E-state index in [1.807, 2.05) is 12.1 Å². The fraction of sp³-hybridized carbons (Fsp3) is 0.0769. The van der Waals surface area contributed by atoms with Crippen molar-refractivity contribution in [3.05, 3.63) is 48.0 Å². The molecule has 79 valence electrons. The molecular weight excluding hydrogens is 213 g/mol. The number of alkyl halides is 3. The summed E-state index contributed by atoms with van der Waals surface area (Å²) >= 11 is 0. The molecule has 0 aliphatic rings. The van der Waals surface area contributed by atoms with Crippen molar-refractivity contribution in [3.8, 4) is 0 Å². The quantitative estimate of drug-likeness (QED) is 0.530. The van der Waals surface area contributed by atoms with Crippen LogP contribution >= 0.6 is 0 Å². The lowest BCUT2D eigenvalue weighted by Gasteiger charge is -2.13. The van der Waals surface area contributed by atoms with Crippen LogP contribution < -0.4 is 0 Å². The van der Waals surface area contributed by atoms with Gasteiger partial charge in [0.25, 0.3) is 0 Å². The SMILES string of the molecule is FC(F)(F)c1[c]ccc2c3ccc(cc3)c12. The van der Waals surface area contributed by atoms with E-state index in [0.717, 1.165) is 5.39 Å². The van der Waals surface area contributed by atoms with E-state index in [4.69, 9.17) is 0 Å². The van der Waals surface area contributed by atoms with Gasteiger partial charge in [0.15, 0.2) is 0 Å². The molecule has 0 N–H and O–H groups in total. The second kappa shape index (κ2) is 2.88. The Balaban J connectivity index is 2.54. The van der Waals surface area contributed by atoms with E-state index in [1.54, 1.807) is 18.2 Å². The van der Waals surface area contributed by atoms with Gasteiger partial charge in [-0.1, -0.05) is 36.4 Å². The lowest BCUT2D eigenvalue weighted by Crippen LogP contribution is -2.06. The van der Waals surface area contributed by atoms with Crippen LogP contribution in [0.25, 0.3) is 21.5 Å². The second-order valence-electron chi connectivity index (χ2n) is 3.72. The van der Waals surface area contributed by atoms with Gasteiger partial charge < -0.3 is 0 Å². The Morgan fingerprint density at radius 3 is 2.12 bits per heavy atom. The third-order valence-corrected chi connectivity index (χ3v) is 2.77. The van der Waals surface area contributed by atoms with Crippen molar-refractivity contribution in [3.63, 3.8) is 0 Å². The summed E-state index contributed by atoms with van der Waals surface area (Å²) in [6, 6.07) is 12.4. The monoisotopic (exact) mass is 219 g/mol. The van der Waals surface area contributed by atoms with Gasteiger partial charge in [0, 0.05) is 5.39 Å². The number of benzene rings is 4. The molecule has 0 unspecified atom stereocenters. The van der Waals surface area contributed by atoms with Crippen LogP contribution in [-0.2, 0) is 6.18 Å². The normalized spacial score (nSPS) is 12.7. The minimum Gasteiger partial charge on any atom is -0.166 e. The molecule has 4 aromatic carbocycles. The van der Waals surface area contributed by atoms with Crippen LogP contribution in [0.15, 0.2) is 36.4 Å². The first-order valence-electron chi connectivity index (χ1n) is 4.80.